The quantitative estimate of drug-likeness (QED) is 0.535. The van der Waals surface area contributed by atoms with Gasteiger partial charge in [0.2, 0.25) is 5.95 Å². The zero-order valence-corrected chi connectivity index (χ0v) is 18.5. The van der Waals surface area contributed by atoms with Crippen molar-refractivity contribution in [2.45, 2.75) is 0 Å². The first-order chi connectivity index (χ1) is 15.9. The van der Waals surface area contributed by atoms with Crippen LogP contribution in [0.4, 0.5) is 17.3 Å². The Morgan fingerprint density at radius 2 is 1.73 bits per heavy atom. The van der Waals surface area contributed by atoms with Crippen LogP contribution in [0.5, 0.6) is 0 Å². The van der Waals surface area contributed by atoms with Gasteiger partial charge in [0.25, 0.3) is 5.91 Å². The minimum absolute atomic E-state index is 0.0392. The summed E-state index contributed by atoms with van der Waals surface area (Å²) in [5, 5.41) is 14.3. The molecule has 0 aliphatic carbocycles. The number of benzene rings is 2. The van der Waals surface area contributed by atoms with E-state index in [-0.39, 0.29) is 24.0 Å². The topological polar surface area (TPSA) is 128 Å². The Morgan fingerprint density at radius 1 is 1.03 bits per heavy atom. The molecule has 0 saturated carbocycles. The van der Waals surface area contributed by atoms with Gasteiger partial charge in [-0.3, -0.25) is 4.79 Å². The largest absolute Gasteiger partial charge is 0.369 e. The SMILES string of the molecule is N#CCNC(=O)c1ccc(-c2ccnc(Nc3ccc(N4CCS(=O)(=O)CC4)cc3)n2)cc1. The van der Waals surface area contributed by atoms with E-state index in [9.17, 15) is 13.2 Å². The van der Waals surface area contributed by atoms with Crippen LogP contribution in [0, 0.1) is 11.3 Å². The minimum atomic E-state index is -2.91. The Bertz CT molecular complexity index is 1270. The number of carbonyl (C=O) groups excluding carboxylic acids is 1. The molecule has 2 aromatic carbocycles. The number of nitriles is 1. The lowest BCUT2D eigenvalue weighted by atomic mass is 10.1. The van der Waals surface area contributed by atoms with Gasteiger partial charge < -0.3 is 15.5 Å². The van der Waals surface area contributed by atoms with Crippen molar-refractivity contribution in [1.29, 1.82) is 5.26 Å². The van der Waals surface area contributed by atoms with E-state index < -0.39 is 9.84 Å². The third-order valence-electron chi connectivity index (χ3n) is 5.26. The van der Waals surface area contributed by atoms with E-state index in [1.165, 1.54) is 0 Å². The van der Waals surface area contributed by atoms with Crippen molar-refractivity contribution < 1.29 is 13.2 Å². The Balaban J connectivity index is 1.42. The maximum Gasteiger partial charge on any atom is 0.252 e. The number of rotatable bonds is 6. The number of nitrogens with zero attached hydrogens (tertiary/aromatic N) is 4. The van der Waals surface area contributed by atoms with Crippen molar-refractivity contribution in [2.75, 3.05) is 41.4 Å². The summed E-state index contributed by atoms with van der Waals surface area (Å²) < 4.78 is 23.2. The molecule has 3 aromatic rings. The van der Waals surface area contributed by atoms with Crippen LogP contribution in [0.15, 0.2) is 60.8 Å². The highest BCUT2D eigenvalue weighted by Crippen LogP contribution is 2.23. The number of sulfone groups is 1. The zero-order chi connectivity index (χ0) is 23.3. The molecule has 10 heteroatoms. The van der Waals surface area contributed by atoms with Crippen molar-refractivity contribution in [3.63, 3.8) is 0 Å². The fourth-order valence-electron chi connectivity index (χ4n) is 3.45. The molecule has 1 aliphatic heterocycles. The van der Waals surface area contributed by atoms with E-state index in [4.69, 9.17) is 5.26 Å². The minimum Gasteiger partial charge on any atom is -0.369 e. The third-order valence-corrected chi connectivity index (χ3v) is 6.87. The lowest BCUT2D eigenvalue weighted by Crippen LogP contribution is -2.40. The lowest BCUT2D eigenvalue weighted by molar-refractivity contribution is 0.0958. The molecule has 1 saturated heterocycles. The summed E-state index contributed by atoms with van der Waals surface area (Å²) in [7, 11) is -2.91. The van der Waals surface area contributed by atoms with Crippen molar-refractivity contribution in [3.05, 3.63) is 66.4 Å². The molecule has 1 aliphatic rings. The van der Waals surface area contributed by atoms with Crippen LogP contribution in [0.1, 0.15) is 10.4 Å². The van der Waals surface area contributed by atoms with Gasteiger partial charge >= 0.3 is 0 Å². The van der Waals surface area contributed by atoms with Gasteiger partial charge in [-0.15, -0.1) is 0 Å². The Labute approximate surface area is 192 Å². The fraction of sp³-hybridized carbons (Fsp3) is 0.217. The van der Waals surface area contributed by atoms with Gasteiger partial charge in [-0.2, -0.15) is 5.26 Å². The van der Waals surface area contributed by atoms with Gasteiger partial charge in [-0.05, 0) is 42.5 Å². The Morgan fingerprint density at radius 3 is 2.39 bits per heavy atom. The number of aromatic nitrogens is 2. The molecule has 0 radical (unpaired) electrons. The molecule has 33 heavy (non-hydrogen) atoms. The molecule has 1 amide bonds. The van der Waals surface area contributed by atoms with Gasteiger partial charge in [0, 0.05) is 41.8 Å². The smallest absolute Gasteiger partial charge is 0.252 e. The van der Waals surface area contributed by atoms with Gasteiger partial charge in [0.1, 0.15) is 6.54 Å². The molecule has 1 aromatic heterocycles. The molecule has 2 N–H and O–H groups in total. The van der Waals surface area contributed by atoms with Crippen LogP contribution in [0.3, 0.4) is 0 Å². The molecule has 9 nitrogen and oxygen atoms in total. The molecule has 0 bridgehead atoms. The fourth-order valence-corrected chi connectivity index (χ4v) is 4.65. The Hall–Kier alpha value is -3.97. The molecule has 4 rings (SSSR count). The molecule has 0 atom stereocenters. The second kappa shape index (κ2) is 9.67. The van der Waals surface area contributed by atoms with E-state index in [1.807, 2.05) is 30.3 Å². The van der Waals surface area contributed by atoms with Crippen molar-refractivity contribution in [1.82, 2.24) is 15.3 Å². The number of carbonyl (C=O) groups is 1. The number of hydrogen-bond donors (Lipinski definition) is 2. The first kappa shape index (κ1) is 22.2. The molecular weight excluding hydrogens is 440 g/mol. The van der Waals surface area contributed by atoms with Crippen LogP contribution in [-0.4, -0.2) is 55.4 Å². The van der Waals surface area contributed by atoms with E-state index in [0.717, 1.165) is 16.9 Å². The van der Waals surface area contributed by atoms with Crippen LogP contribution < -0.4 is 15.5 Å². The predicted octanol–water partition coefficient (Wildman–Crippen LogP) is 2.38. The number of nitrogens with one attached hydrogen (secondary N) is 2. The van der Waals surface area contributed by atoms with Gasteiger partial charge in [-0.1, -0.05) is 12.1 Å². The highest BCUT2D eigenvalue weighted by atomic mass is 32.2. The normalized spacial score (nSPS) is 14.8. The van der Waals surface area contributed by atoms with Gasteiger partial charge in [-0.25, -0.2) is 18.4 Å². The van der Waals surface area contributed by atoms with Crippen molar-refractivity contribution >= 4 is 33.1 Å². The second-order valence-corrected chi connectivity index (χ2v) is 9.80. The van der Waals surface area contributed by atoms with Crippen LogP contribution in [0.2, 0.25) is 0 Å². The van der Waals surface area contributed by atoms with Crippen molar-refractivity contribution in [2.24, 2.45) is 0 Å². The van der Waals surface area contributed by atoms with E-state index in [1.54, 1.807) is 36.5 Å². The molecule has 2 heterocycles. The summed E-state index contributed by atoms with van der Waals surface area (Å²) in [6.45, 7) is 0.959. The standard InChI is InChI=1S/C23H22N6O3S/c24-10-12-25-22(30)18-3-1-17(2-4-18)21-9-11-26-23(28-21)27-19-5-7-20(8-6-19)29-13-15-33(31,32)16-14-29/h1-9,11H,12-16H2,(H,25,30)(H,26,27,28). The average molecular weight is 463 g/mol. The van der Waals surface area contributed by atoms with E-state index >= 15 is 0 Å². The van der Waals surface area contributed by atoms with Crippen LogP contribution in [-0.2, 0) is 9.84 Å². The predicted molar refractivity (Wildman–Crippen MR) is 126 cm³/mol. The zero-order valence-electron chi connectivity index (χ0n) is 17.7. The molecule has 1 fully saturated rings. The Kier molecular flexibility index (Phi) is 6.51. The van der Waals surface area contributed by atoms with Gasteiger partial charge in [0.15, 0.2) is 9.84 Å². The first-order valence-corrected chi connectivity index (χ1v) is 12.2. The maximum absolute atomic E-state index is 11.9. The van der Waals surface area contributed by atoms with Crippen LogP contribution >= 0.6 is 0 Å². The van der Waals surface area contributed by atoms with E-state index in [2.05, 4.69) is 25.5 Å². The first-order valence-electron chi connectivity index (χ1n) is 10.3. The molecular formula is C23H22N6O3S. The van der Waals surface area contributed by atoms with Crippen molar-refractivity contribution in [3.8, 4) is 17.3 Å². The number of anilines is 3. The number of amides is 1. The summed E-state index contributed by atoms with van der Waals surface area (Å²) in [5.41, 5.74) is 3.78. The summed E-state index contributed by atoms with van der Waals surface area (Å²) >= 11 is 0. The molecule has 168 valence electrons. The highest BCUT2D eigenvalue weighted by molar-refractivity contribution is 7.91. The third kappa shape index (κ3) is 5.64. The molecule has 0 spiro atoms. The van der Waals surface area contributed by atoms with E-state index in [0.29, 0.717) is 30.3 Å². The molecule has 0 unspecified atom stereocenters. The summed E-state index contributed by atoms with van der Waals surface area (Å²) in [4.78, 5) is 22.8. The lowest BCUT2D eigenvalue weighted by Gasteiger charge is -2.28. The summed E-state index contributed by atoms with van der Waals surface area (Å²) in [6, 6.07) is 18.3. The highest BCUT2D eigenvalue weighted by Gasteiger charge is 2.21. The van der Waals surface area contributed by atoms with Crippen LogP contribution in [0.25, 0.3) is 11.3 Å². The average Bonchev–Trinajstić information content (AvgIpc) is 2.83. The second-order valence-electron chi connectivity index (χ2n) is 7.49. The summed E-state index contributed by atoms with van der Waals surface area (Å²) in [5.74, 6) is 0.487. The van der Waals surface area contributed by atoms with Gasteiger partial charge in [0.05, 0.1) is 23.3 Å². The summed E-state index contributed by atoms with van der Waals surface area (Å²) in [6.07, 6.45) is 1.65. The maximum atomic E-state index is 11.9. The monoisotopic (exact) mass is 462 g/mol. The number of hydrogen-bond acceptors (Lipinski definition) is 8.